The van der Waals surface area contributed by atoms with Crippen molar-refractivity contribution >= 4 is 22.9 Å². The first-order valence-electron chi connectivity index (χ1n) is 6.56. The van der Waals surface area contributed by atoms with Gasteiger partial charge in [-0.2, -0.15) is 0 Å². The molecule has 1 amide bonds. The average Bonchev–Trinajstić information content (AvgIpc) is 2.72. The van der Waals surface area contributed by atoms with Gasteiger partial charge in [0.15, 0.2) is 10.8 Å². The Morgan fingerprint density at radius 1 is 1.16 bits per heavy atom. The van der Waals surface area contributed by atoms with E-state index in [2.05, 4.69) is 5.32 Å². The minimum Gasteiger partial charge on any atom is -0.444 e. The van der Waals surface area contributed by atoms with Crippen molar-refractivity contribution in [1.29, 1.82) is 0 Å². The Balaban J connectivity index is 1.89. The summed E-state index contributed by atoms with van der Waals surface area (Å²) in [6, 6.07) is 7.58. The predicted octanol–water partition coefficient (Wildman–Crippen LogP) is 3.98. The van der Waals surface area contributed by atoms with Crippen LogP contribution in [0.25, 0.3) is 0 Å². The molecule has 0 atom stereocenters. The first kappa shape index (κ1) is 11.1. The van der Waals surface area contributed by atoms with E-state index in [1.54, 1.807) is 11.3 Å². The van der Waals surface area contributed by atoms with E-state index in [1.165, 1.54) is 16.9 Å². The van der Waals surface area contributed by atoms with Gasteiger partial charge < -0.3 is 10.1 Å². The van der Waals surface area contributed by atoms with Gasteiger partial charge in [-0.3, -0.25) is 4.79 Å². The van der Waals surface area contributed by atoms with Gasteiger partial charge in [0.05, 0.1) is 11.3 Å². The molecule has 0 unspecified atom stereocenters. The second-order valence-electron chi connectivity index (χ2n) is 4.93. The van der Waals surface area contributed by atoms with Gasteiger partial charge in [0.1, 0.15) is 0 Å². The summed E-state index contributed by atoms with van der Waals surface area (Å²) in [5.41, 5.74) is 2.72. The highest BCUT2D eigenvalue weighted by Crippen LogP contribution is 2.45. The maximum absolute atomic E-state index is 12.4. The van der Waals surface area contributed by atoms with Crippen LogP contribution in [0.2, 0.25) is 0 Å². The molecule has 0 saturated carbocycles. The fraction of sp³-hybridized carbons (Fsp3) is 0.267. The molecule has 0 saturated heterocycles. The highest BCUT2D eigenvalue weighted by atomic mass is 32.1. The second-order valence-corrected chi connectivity index (χ2v) is 5.99. The average molecular weight is 271 g/mol. The molecule has 0 bridgehead atoms. The third-order valence-corrected chi connectivity index (χ3v) is 4.87. The van der Waals surface area contributed by atoms with Crippen LogP contribution in [0.3, 0.4) is 0 Å². The van der Waals surface area contributed by atoms with Gasteiger partial charge in [0, 0.05) is 4.88 Å². The third-order valence-electron chi connectivity index (χ3n) is 3.70. The van der Waals surface area contributed by atoms with E-state index in [0.29, 0.717) is 0 Å². The van der Waals surface area contributed by atoms with E-state index in [9.17, 15) is 4.79 Å². The summed E-state index contributed by atoms with van der Waals surface area (Å²) in [5, 5.41) is 3.72. The van der Waals surface area contributed by atoms with Crippen molar-refractivity contribution < 1.29 is 9.53 Å². The molecule has 0 fully saturated rings. The van der Waals surface area contributed by atoms with Gasteiger partial charge in [-0.15, -0.1) is 11.3 Å². The number of carbonyl (C=O) groups excluding carboxylic acids is 1. The Morgan fingerprint density at radius 3 is 2.95 bits per heavy atom. The minimum atomic E-state index is -0.0284. The van der Waals surface area contributed by atoms with E-state index >= 15 is 0 Å². The zero-order valence-corrected chi connectivity index (χ0v) is 11.2. The molecule has 2 heterocycles. The van der Waals surface area contributed by atoms with Crippen molar-refractivity contribution in [1.82, 2.24) is 0 Å². The molecule has 1 N–H and O–H groups in total. The smallest absolute Gasteiger partial charge is 0.260 e. The van der Waals surface area contributed by atoms with Gasteiger partial charge in [-0.25, -0.2) is 0 Å². The number of hydrogen-bond donors (Lipinski definition) is 1. The van der Waals surface area contributed by atoms with E-state index in [4.69, 9.17) is 4.74 Å². The van der Waals surface area contributed by atoms with Crippen LogP contribution in [0.4, 0.5) is 5.69 Å². The Hall–Kier alpha value is -1.81. The van der Waals surface area contributed by atoms with Crippen LogP contribution in [-0.2, 0) is 12.8 Å². The minimum absolute atomic E-state index is 0.0284. The number of para-hydroxylation sites is 2. The number of aryl methyl sites for hydroxylation is 1. The van der Waals surface area contributed by atoms with Gasteiger partial charge in [0.25, 0.3) is 5.91 Å². The van der Waals surface area contributed by atoms with Crippen LogP contribution < -0.4 is 10.1 Å². The summed E-state index contributed by atoms with van der Waals surface area (Å²) in [5.74, 6) is 0.701. The molecule has 19 heavy (non-hydrogen) atoms. The first-order chi connectivity index (χ1) is 9.33. The summed E-state index contributed by atoms with van der Waals surface area (Å²) in [4.78, 5) is 13.7. The molecular formula is C15H13NO2S. The van der Waals surface area contributed by atoms with Crippen LogP contribution in [0, 0.1) is 0 Å². The van der Waals surface area contributed by atoms with E-state index < -0.39 is 0 Å². The summed E-state index contributed by atoms with van der Waals surface area (Å²) >= 11 is 1.64. The molecule has 1 aromatic carbocycles. The standard InChI is InChI=1S/C15H13NO2S/c17-14-13-9-5-1-4-8-12(9)19-15(13)18-11-7-3-2-6-10(11)16-14/h2-3,6-7H,1,4-5,8H2,(H,16,17). The van der Waals surface area contributed by atoms with Crippen molar-refractivity contribution in [2.45, 2.75) is 25.7 Å². The number of thiophene rings is 1. The monoisotopic (exact) mass is 271 g/mol. The van der Waals surface area contributed by atoms with Crippen molar-refractivity contribution in [2.75, 3.05) is 5.32 Å². The fourth-order valence-electron chi connectivity index (χ4n) is 2.79. The lowest BCUT2D eigenvalue weighted by Crippen LogP contribution is -2.13. The molecule has 1 aliphatic heterocycles. The number of hydrogen-bond acceptors (Lipinski definition) is 3. The highest BCUT2D eigenvalue weighted by Gasteiger charge is 2.29. The van der Waals surface area contributed by atoms with Gasteiger partial charge >= 0.3 is 0 Å². The molecule has 0 spiro atoms. The Morgan fingerprint density at radius 2 is 2.00 bits per heavy atom. The zero-order chi connectivity index (χ0) is 12.8. The van der Waals surface area contributed by atoms with E-state index in [0.717, 1.165) is 41.3 Å². The third kappa shape index (κ3) is 1.67. The summed E-state index contributed by atoms with van der Waals surface area (Å²) in [6.07, 6.45) is 4.45. The molecule has 4 heteroatoms. The van der Waals surface area contributed by atoms with Crippen molar-refractivity contribution in [3.8, 4) is 10.8 Å². The van der Waals surface area contributed by atoms with Crippen LogP contribution >= 0.6 is 11.3 Å². The summed E-state index contributed by atoms with van der Waals surface area (Å²) in [6.45, 7) is 0. The number of fused-ring (bicyclic) bond motifs is 4. The molecule has 1 aromatic heterocycles. The van der Waals surface area contributed by atoms with Crippen LogP contribution in [0.1, 0.15) is 33.6 Å². The van der Waals surface area contributed by atoms with Gasteiger partial charge in [0.2, 0.25) is 0 Å². The summed E-state index contributed by atoms with van der Waals surface area (Å²) < 4.78 is 5.96. The van der Waals surface area contributed by atoms with Crippen molar-refractivity contribution in [3.05, 3.63) is 40.3 Å². The molecule has 2 aromatic rings. The number of amides is 1. The van der Waals surface area contributed by atoms with Crippen molar-refractivity contribution in [2.24, 2.45) is 0 Å². The topological polar surface area (TPSA) is 38.3 Å². The molecule has 1 aliphatic carbocycles. The van der Waals surface area contributed by atoms with Gasteiger partial charge in [-0.05, 0) is 43.4 Å². The number of nitrogens with one attached hydrogen (secondary N) is 1. The van der Waals surface area contributed by atoms with Crippen LogP contribution in [0.5, 0.6) is 10.8 Å². The fourth-order valence-corrected chi connectivity index (χ4v) is 4.03. The number of ether oxygens (including phenoxy) is 1. The second kappa shape index (κ2) is 4.10. The number of rotatable bonds is 0. The van der Waals surface area contributed by atoms with Crippen LogP contribution in [-0.4, -0.2) is 5.91 Å². The Bertz CT molecular complexity index is 675. The molecule has 0 radical (unpaired) electrons. The lowest BCUT2D eigenvalue weighted by atomic mass is 9.95. The highest BCUT2D eigenvalue weighted by molar-refractivity contribution is 7.14. The SMILES string of the molecule is O=C1Nc2ccccc2Oc2sc3c(c21)CCCC3. The zero-order valence-electron chi connectivity index (χ0n) is 10.4. The maximum atomic E-state index is 12.4. The number of benzene rings is 1. The molecule has 96 valence electrons. The quantitative estimate of drug-likeness (QED) is 0.787. The maximum Gasteiger partial charge on any atom is 0.260 e. The van der Waals surface area contributed by atoms with Crippen LogP contribution in [0.15, 0.2) is 24.3 Å². The lowest BCUT2D eigenvalue weighted by Gasteiger charge is -2.11. The first-order valence-corrected chi connectivity index (χ1v) is 7.37. The Labute approximate surface area is 115 Å². The predicted molar refractivity (Wildman–Crippen MR) is 75.4 cm³/mol. The number of carbonyl (C=O) groups is 1. The largest absolute Gasteiger partial charge is 0.444 e. The normalized spacial score (nSPS) is 16.5. The lowest BCUT2D eigenvalue weighted by molar-refractivity contribution is 0.102. The molecule has 3 nitrogen and oxygen atoms in total. The number of anilines is 1. The van der Waals surface area contributed by atoms with E-state index in [1.807, 2.05) is 24.3 Å². The van der Waals surface area contributed by atoms with Gasteiger partial charge in [-0.1, -0.05) is 12.1 Å². The van der Waals surface area contributed by atoms with Crippen molar-refractivity contribution in [3.63, 3.8) is 0 Å². The molecule has 2 aliphatic rings. The molecular weight excluding hydrogens is 258 g/mol. The Kier molecular flexibility index (Phi) is 2.38. The van der Waals surface area contributed by atoms with E-state index in [-0.39, 0.29) is 5.91 Å². The molecule has 4 rings (SSSR count). The summed E-state index contributed by atoms with van der Waals surface area (Å²) in [7, 11) is 0.